The van der Waals surface area contributed by atoms with Crippen LogP contribution in [0.15, 0.2) is 0 Å². The van der Waals surface area contributed by atoms with Crippen LogP contribution in [0.4, 0.5) is 0 Å². The van der Waals surface area contributed by atoms with E-state index in [4.69, 9.17) is 0 Å². The van der Waals surface area contributed by atoms with E-state index in [1.165, 1.54) is 90.3 Å². The Hall–Kier alpha value is -0.0800. The van der Waals surface area contributed by atoms with Gasteiger partial charge in [-0.3, -0.25) is 0 Å². The maximum Gasteiger partial charge on any atom is 0.0108 e. The third-order valence-electron chi connectivity index (χ3n) is 5.75. The fraction of sp³-hybridized carbons (Fsp3) is 1.00. The Bertz CT molecular complexity index is 252. The van der Waals surface area contributed by atoms with E-state index in [-0.39, 0.29) is 0 Å². The maximum absolute atomic E-state index is 3.75. The van der Waals surface area contributed by atoms with Gasteiger partial charge in [0.05, 0.1) is 0 Å². The molecule has 2 aliphatic heterocycles. The number of hydrogen-bond acceptors (Lipinski definition) is 2. The van der Waals surface area contributed by atoms with Crippen molar-refractivity contribution in [2.24, 2.45) is 5.92 Å². The van der Waals surface area contributed by atoms with Gasteiger partial charge >= 0.3 is 0 Å². The highest BCUT2D eigenvalue weighted by Gasteiger charge is 2.31. The van der Waals surface area contributed by atoms with Gasteiger partial charge in [0.1, 0.15) is 0 Å². The molecule has 2 atom stereocenters. The van der Waals surface area contributed by atoms with Crippen molar-refractivity contribution in [2.75, 3.05) is 19.6 Å². The summed E-state index contributed by atoms with van der Waals surface area (Å²) in [5.74, 6) is 0.946. The normalized spacial score (nSPS) is 36.0. The zero-order valence-corrected chi connectivity index (χ0v) is 12.6. The van der Waals surface area contributed by atoms with Crippen LogP contribution in [0.5, 0.6) is 0 Å². The van der Waals surface area contributed by atoms with Gasteiger partial charge < -0.3 is 10.2 Å². The van der Waals surface area contributed by atoms with Gasteiger partial charge in [0, 0.05) is 18.6 Å². The molecule has 0 bridgehead atoms. The van der Waals surface area contributed by atoms with E-state index in [0.717, 1.165) is 18.0 Å². The van der Waals surface area contributed by atoms with Crippen LogP contribution in [0.2, 0.25) is 0 Å². The van der Waals surface area contributed by atoms with E-state index in [9.17, 15) is 0 Å². The van der Waals surface area contributed by atoms with E-state index in [0.29, 0.717) is 0 Å². The Kier molecular flexibility index (Phi) is 5.17. The predicted molar refractivity (Wildman–Crippen MR) is 81.4 cm³/mol. The maximum atomic E-state index is 3.75. The average molecular weight is 264 g/mol. The summed E-state index contributed by atoms with van der Waals surface area (Å²) < 4.78 is 0. The molecule has 2 heterocycles. The summed E-state index contributed by atoms with van der Waals surface area (Å²) in [6, 6.07) is 1.76. The molecule has 2 heteroatoms. The van der Waals surface area contributed by atoms with E-state index in [1.807, 2.05) is 0 Å². The fourth-order valence-electron chi connectivity index (χ4n) is 4.61. The smallest absolute Gasteiger partial charge is 0.0108 e. The van der Waals surface area contributed by atoms with Crippen molar-refractivity contribution >= 4 is 0 Å². The first-order chi connectivity index (χ1) is 9.43. The first-order valence-electron chi connectivity index (χ1n) is 8.91. The monoisotopic (exact) mass is 264 g/mol. The molecule has 2 unspecified atom stereocenters. The molecule has 2 saturated heterocycles. The lowest BCUT2D eigenvalue weighted by Crippen LogP contribution is -2.47. The molecule has 0 aromatic heterocycles. The van der Waals surface area contributed by atoms with Gasteiger partial charge in [0.2, 0.25) is 0 Å². The lowest BCUT2D eigenvalue weighted by Gasteiger charge is -2.41. The minimum Gasteiger partial charge on any atom is -0.314 e. The molecule has 3 rings (SSSR count). The highest BCUT2D eigenvalue weighted by molar-refractivity contribution is 4.88. The van der Waals surface area contributed by atoms with Gasteiger partial charge in [-0.1, -0.05) is 32.1 Å². The van der Waals surface area contributed by atoms with Crippen molar-refractivity contribution in [3.8, 4) is 0 Å². The second-order valence-electron chi connectivity index (χ2n) is 7.10. The molecule has 0 amide bonds. The Balaban J connectivity index is 1.53. The average Bonchev–Trinajstić information content (AvgIpc) is 2.92. The van der Waals surface area contributed by atoms with Crippen LogP contribution >= 0.6 is 0 Å². The molecular formula is C17H32N2. The molecule has 3 aliphatic rings. The first kappa shape index (κ1) is 13.9. The number of piperidine rings is 1. The highest BCUT2D eigenvalue weighted by atomic mass is 15.2. The van der Waals surface area contributed by atoms with Crippen LogP contribution in [-0.2, 0) is 0 Å². The van der Waals surface area contributed by atoms with Gasteiger partial charge in [0.25, 0.3) is 0 Å². The number of rotatable bonds is 2. The standard InChI is InChI=1S/C17H32N2/c1-2-4-9-16(10-5-3-1)19-13-7-8-15(14-19)17-11-6-12-18-17/h15-18H,1-14H2. The second-order valence-corrected chi connectivity index (χ2v) is 7.10. The zero-order chi connectivity index (χ0) is 12.9. The number of nitrogens with zero attached hydrogens (tertiary/aromatic N) is 1. The Morgan fingerprint density at radius 2 is 1.53 bits per heavy atom. The summed E-state index contributed by atoms with van der Waals surface area (Å²) in [4.78, 5) is 2.87. The molecule has 19 heavy (non-hydrogen) atoms. The topological polar surface area (TPSA) is 15.3 Å². The van der Waals surface area contributed by atoms with Gasteiger partial charge in [-0.25, -0.2) is 0 Å². The summed E-state index contributed by atoms with van der Waals surface area (Å²) >= 11 is 0. The van der Waals surface area contributed by atoms with Crippen LogP contribution in [0.3, 0.4) is 0 Å². The minimum absolute atomic E-state index is 0.844. The quantitative estimate of drug-likeness (QED) is 0.820. The summed E-state index contributed by atoms with van der Waals surface area (Å²) in [7, 11) is 0. The van der Waals surface area contributed by atoms with E-state index in [2.05, 4.69) is 10.2 Å². The van der Waals surface area contributed by atoms with Crippen LogP contribution in [0, 0.1) is 5.92 Å². The third-order valence-corrected chi connectivity index (χ3v) is 5.75. The largest absolute Gasteiger partial charge is 0.314 e. The van der Waals surface area contributed by atoms with Crippen LogP contribution < -0.4 is 5.32 Å². The summed E-state index contributed by atoms with van der Waals surface area (Å²) in [5.41, 5.74) is 0. The fourth-order valence-corrected chi connectivity index (χ4v) is 4.61. The molecule has 1 saturated carbocycles. The number of hydrogen-bond donors (Lipinski definition) is 1. The van der Waals surface area contributed by atoms with Crippen molar-refractivity contribution in [1.29, 1.82) is 0 Å². The second kappa shape index (κ2) is 7.08. The molecule has 0 aromatic rings. The lowest BCUT2D eigenvalue weighted by atomic mass is 9.87. The minimum atomic E-state index is 0.844. The Morgan fingerprint density at radius 1 is 0.737 bits per heavy atom. The molecule has 110 valence electrons. The summed E-state index contributed by atoms with van der Waals surface area (Å²) in [6.07, 6.45) is 16.1. The van der Waals surface area contributed by atoms with Gasteiger partial charge in [-0.2, -0.15) is 0 Å². The molecular weight excluding hydrogens is 232 g/mol. The molecule has 1 aliphatic carbocycles. The van der Waals surface area contributed by atoms with Crippen molar-refractivity contribution in [1.82, 2.24) is 10.2 Å². The van der Waals surface area contributed by atoms with Crippen molar-refractivity contribution in [3.05, 3.63) is 0 Å². The van der Waals surface area contributed by atoms with Gasteiger partial charge in [-0.15, -0.1) is 0 Å². The summed E-state index contributed by atoms with van der Waals surface area (Å²) in [5, 5.41) is 3.75. The van der Waals surface area contributed by atoms with E-state index < -0.39 is 0 Å². The summed E-state index contributed by atoms with van der Waals surface area (Å²) in [6.45, 7) is 4.04. The zero-order valence-electron chi connectivity index (χ0n) is 12.6. The molecule has 0 spiro atoms. The van der Waals surface area contributed by atoms with Crippen LogP contribution in [-0.4, -0.2) is 36.6 Å². The van der Waals surface area contributed by atoms with Crippen molar-refractivity contribution < 1.29 is 0 Å². The van der Waals surface area contributed by atoms with E-state index in [1.54, 1.807) is 0 Å². The van der Waals surface area contributed by atoms with Gasteiger partial charge in [-0.05, 0) is 57.5 Å². The van der Waals surface area contributed by atoms with Crippen LogP contribution in [0.1, 0.15) is 70.6 Å². The molecule has 2 nitrogen and oxygen atoms in total. The van der Waals surface area contributed by atoms with E-state index >= 15 is 0 Å². The highest BCUT2D eigenvalue weighted by Crippen LogP contribution is 2.29. The number of nitrogens with one attached hydrogen (secondary N) is 1. The first-order valence-corrected chi connectivity index (χ1v) is 8.91. The molecule has 0 radical (unpaired) electrons. The molecule has 0 aromatic carbocycles. The van der Waals surface area contributed by atoms with Gasteiger partial charge in [0.15, 0.2) is 0 Å². The third kappa shape index (κ3) is 3.72. The Morgan fingerprint density at radius 3 is 2.26 bits per heavy atom. The Labute approximate surface area is 119 Å². The SMILES string of the molecule is C1CCCC(N2CCCC(C3CCCN3)C2)CCC1. The van der Waals surface area contributed by atoms with Crippen LogP contribution in [0.25, 0.3) is 0 Å². The lowest BCUT2D eigenvalue weighted by molar-refractivity contribution is 0.0920. The predicted octanol–water partition coefficient (Wildman–Crippen LogP) is 3.56. The van der Waals surface area contributed by atoms with Crippen molar-refractivity contribution in [3.63, 3.8) is 0 Å². The number of likely N-dealkylation sites (tertiary alicyclic amines) is 1. The molecule has 1 N–H and O–H groups in total. The van der Waals surface area contributed by atoms with Crippen molar-refractivity contribution in [2.45, 2.75) is 82.7 Å². The molecule has 3 fully saturated rings.